The van der Waals surface area contributed by atoms with Crippen LogP contribution in [0.5, 0.6) is 0 Å². The van der Waals surface area contributed by atoms with E-state index in [0.717, 1.165) is 17.1 Å². The quantitative estimate of drug-likeness (QED) is 0.674. The van der Waals surface area contributed by atoms with Crippen molar-refractivity contribution in [2.45, 2.75) is 18.7 Å². The molecule has 5 heteroatoms. The maximum atomic E-state index is 6.05. The molecule has 0 saturated heterocycles. The van der Waals surface area contributed by atoms with E-state index in [9.17, 15) is 0 Å². The third-order valence-electron chi connectivity index (χ3n) is 2.53. The Hall–Kier alpha value is -1.26. The highest BCUT2D eigenvalue weighted by Crippen LogP contribution is 2.25. The topological polar surface area (TPSA) is 37.8 Å². The highest BCUT2D eigenvalue weighted by molar-refractivity contribution is 7.98. The lowest BCUT2D eigenvalue weighted by Crippen LogP contribution is -2.01. The van der Waals surface area contributed by atoms with Crippen LogP contribution in [0, 0.1) is 13.8 Å². The predicted molar refractivity (Wildman–Crippen MR) is 78.0 cm³/mol. The van der Waals surface area contributed by atoms with Crippen LogP contribution in [-0.4, -0.2) is 16.2 Å². The van der Waals surface area contributed by atoms with Gasteiger partial charge in [0, 0.05) is 16.1 Å². The minimum absolute atomic E-state index is 0.492. The second-order valence-corrected chi connectivity index (χ2v) is 5.13. The summed E-state index contributed by atoms with van der Waals surface area (Å²) >= 11 is 7.75. The van der Waals surface area contributed by atoms with E-state index in [-0.39, 0.29) is 0 Å². The smallest absolute Gasteiger partial charge is 0.138 e. The Morgan fingerprint density at radius 3 is 2.72 bits per heavy atom. The number of aryl methyl sites for hydroxylation is 1. The summed E-state index contributed by atoms with van der Waals surface area (Å²) in [4.78, 5) is 9.69. The SMILES string of the molecule is CSc1cccc(Nc2nc(C)nc(Cl)c2C)c1. The summed E-state index contributed by atoms with van der Waals surface area (Å²) in [5.74, 6) is 1.42. The van der Waals surface area contributed by atoms with Crippen LogP contribution in [0.15, 0.2) is 29.2 Å². The Morgan fingerprint density at radius 1 is 1.22 bits per heavy atom. The summed E-state index contributed by atoms with van der Waals surface area (Å²) < 4.78 is 0. The van der Waals surface area contributed by atoms with Crippen LogP contribution in [0.25, 0.3) is 0 Å². The lowest BCUT2D eigenvalue weighted by Gasteiger charge is -2.10. The number of hydrogen-bond donors (Lipinski definition) is 1. The Kier molecular flexibility index (Phi) is 4.09. The molecule has 1 heterocycles. The number of benzene rings is 1. The van der Waals surface area contributed by atoms with E-state index in [4.69, 9.17) is 11.6 Å². The Bertz CT molecular complexity index is 572. The molecular formula is C13H14ClN3S. The summed E-state index contributed by atoms with van der Waals surface area (Å²) in [5, 5.41) is 3.77. The van der Waals surface area contributed by atoms with E-state index in [1.54, 1.807) is 11.8 Å². The molecule has 0 spiro atoms. The molecule has 0 aliphatic carbocycles. The molecule has 2 rings (SSSR count). The molecule has 3 nitrogen and oxygen atoms in total. The molecule has 2 aromatic rings. The van der Waals surface area contributed by atoms with Crippen molar-refractivity contribution in [3.63, 3.8) is 0 Å². The number of thioether (sulfide) groups is 1. The summed E-state index contributed by atoms with van der Waals surface area (Å²) in [7, 11) is 0. The molecular weight excluding hydrogens is 266 g/mol. The average molecular weight is 280 g/mol. The Labute approximate surface area is 116 Å². The van der Waals surface area contributed by atoms with E-state index >= 15 is 0 Å². The number of halogens is 1. The van der Waals surface area contributed by atoms with Crippen molar-refractivity contribution in [3.8, 4) is 0 Å². The fourth-order valence-corrected chi connectivity index (χ4v) is 2.22. The first kappa shape index (κ1) is 13.2. The van der Waals surface area contributed by atoms with Crippen molar-refractivity contribution in [2.24, 2.45) is 0 Å². The molecule has 0 radical (unpaired) electrons. The standard InChI is InChI=1S/C13H14ClN3S/c1-8-12(14)15-9(2)16-13(8)17-10-5-4-6-11(7-10)18-3/h4-7H,1-3H3,(H,15,16,17). The number of aromatic nitrogens is 2. The van der Waals surface area contributed by atoms with E-state index in [2.05, 4.69) is 33.7 Å². The van der Waals surface area contributed by atoms with Crippen molar-refractivity contribution in [3.05, 3.63) is 40.8 Å². The van der Waals surface area contributed by atoms with Crippen molar-refractivity contribution >= 4 is 34.9 Å². The molecule has 94 valence electrons. The van der Waals surface area contributed by atoms with Crippen LogP contribution in [0.4, 0.5) is 11.5 Å². The van der Waals surface area contributed by atoms with E-state index in [1.807, 2.05) is 26.0 Å². The molecule has 1 aromatic carbocycles. The summed E-state index contributed by atoms with van der Waals surface area (Å²) in [6.07, 6.45) is 2.05. The Balaban J connectivity index is 2.33. The first-order chi connectivity index (χ1) is 8.60. The van der Waals surface area contributed by atoms with Gasteiger partial charge < -0.3 is 5.32 Å². The molecule has 0 bridgehead atoms. The van der Waals surface area contributed by atoms with Gasteiger partial charge in [-0.25, -0.2) is 9.97 Å². The van der Waals surface area contributed by atoms with E-state index < -0.39 is 0 Å². The van der Waals surface area contributed by atoms with Crippen LogP contribution >= 0.6 is 23.4 Å². The van der Waals surface area contributed by atoms with E-state index in [0.29, 0.717) is 11.0 Å². The summed E-state index contributed by atoms with van der Waals surface area (Å²) in [6.45, 7) is 3.73. The van der Waals surface area contributed by atoms with Crippen LogP contribution in [0.1, 0.15) is 11.4 Å². The van der Waals surface area contributed by atoms with Gasteiger partial charge in [-0.1, -0.05) is 17.7 Å². The van der Waals surface area contributed by atoms with Gasteiger partial charge in [0.1, 0.15) is 16.8 Å². The molecule has 0 atom stereocenters. The van der Waals surface area contributed by atoms with Crippen LogP contribution in [0.3, 0.4) is 0 Å². The third kappa shape index (κ3) is 2.94. The summed E-state index contributed by atoms with van der Waals surface area (Å²) in [6, 6.07) is 8.17. The number of hydrogen-bond acceptors (Lipinski definition) is 4. The van der Waals surface area contributed by atoms with Gasteiger partial charge in [-0.15, -0.1) is 11.8 Å². The van der Waals surface area contributed by atoms with Gasteiger partial charge >= 0.3 is 0 Å². The van der Waals surface area contributed by atoms with Crippen LogP contribution < -0.4 is 5.32 Å². The number of anilines is 2. The van der Waals surface area contributed by atoms with Gasteiger partial charge in [0.15, 0.2) is 0 Å². The normalized spacial score (nSPS) is 10.4. The van der Waals surface area contributed by atoms with Gasteiger partial charge in [-0.3, -0.25) is 0 Å². The van der Waals surface area contributed by atoms with Gasteiger partial charge in [0.05, 0.1) is 0 Å². The summed E-state index contributed by atoms with van der Waals surface area (Å²) in [5.41, 5.74) is 1.86. The molecule has 18 heavy (non-hydrogen) atoms. The number of rotatable bonds is 3. The van der Waals surface area contributed by atoms with Crippen molar-refractivity contribution < 1.29 is 0 Å². The maximum absolute atomic E-state index is 6.05. The van der Waals surface area contributed by atoms with Crippen molar-refractivity contribution in [2.75, 3.05) is 11.6 Å². The lowest BCUT2D eigenvalue weighted by atomic mass is 10.3. The number of nitrogens with one attached hydrogen (secondary N) is 1. The minimum atomic E-state index is 0.492. The first-order valence-corrected chi connectivity index (χ1v) is 7.12. The zero-order chi connectivity index (χ0) is 13.1. The van der Waals surface area contributed by atoms with Gasteiger partial charge in [0.2, 0.25) is 0 Å². The predicted octanol–water partition coefficient (Wildman–Crippen LogP) is 4.21. The molecule has 0 aliphatic heterocycles. The van der Waals surface area contributed by atoms with Crippen molar-refractivity contribution in [1.82, 2.24) is 9.97 Å². The largest absolute Gasteiger partial charge is 0.340 e. The minimum Gasteiger partial charge on any atom is -0.340 e. The molecule has 0 amide bonds. The van der Waals surface area contributed by atoms with E-state index in [1.165, 1.54) is 4.90 Å². The Morgan fingerprint density at radius 2 is 2.00 bits per heavy atom. The molecule has 1 aromatic heterocycles. The van der Waals surface area contributed by atoms with Crippen LogP contribution in [0.2, 0.25) is 5.15 Å². The van der Waals surface area contributed by atoms with Crippen molar-refractivity contribution in [1.29, 1.82) is 0 Å². The number of nitrogens with zero attached hydrogens (tertiary/aromatic N) is 2. The zero-order valence-electron chi connectivity index (χ0n) is 10.5. The molecule has 0 saturated carbocycles. The van der Waals surface area contributed by atoms with Gasteiger partial charge in [0.25, 0.3) is 0 Å². The average Bonchev–Trinajstić information content (AvgIpc) is 2.35. The lowest BCUT2D eigenvalue weighted by molar-refractivity contribution is 1.04. The molecule has 1 N–H and O–H groups in total. The fraction of sp³-hybridized carbons (Fsp3) is 0.231. The zero-order valence-corrected chi connectivity index (χ0v) is 12.1. The maximum Gasteiger partial charge on any atom is 0.138 e. The molecule has 0 unspecified atom stereocenters. The first-order valence-electron chi connectivity index (χ1n) is 5.52. The highest BCUT2D eigenvalue weighted by Gasteiger charge is 2.07. The van der Waals surface area contributed by atoms with Gasteiger partial charge in [-0.05, 0) is 38.3 Å². The second kappa shape index (κ2) is 5.59. The highest BCUT2D eigenvalue weighted by atomic mass is 35.5. The second-order valence-electron chi connectivity index (χ2n) is 3.89. The monoisotopic (exact) mass is 279 g/mol. The third-order valence-corrected chi connectivity index (χ3v) is 3.62. The molecule has 0 fully saturated rings. The van der Waals surface area contributed by atoms with Crippen LogP contribution in [-0.2, 0) is 0 Å². The fourth-order valence-electron chi connectivity index (χ4n) is 1.55. The molecule has 0 aliphatic rings. The van der Waals surface area contributed by atoms with Gasteiger partial charge in [-0.2, -0.15) is 0 Å².